The first kappa shape index (κ1) is 19.2. The van der Waals surface area contributed by atoms with E-state index in [9.17, 15) is 13.2 Å². The van der Waals surface area contributed by atoms with Crippen molar-refractivity contribution >= 4 is 27.1 Å². The molecule has 2 aromatic rings. The van der Waals surface area contributed by atoms with Gasteiger partial charge in [0, 0.05) is 24.0 Å². The fraction of sp³-hybridized carbons (Fsp3) is 0.350. The van der Waals surface area contributed by atoms with Crippen LogP contribution < -0.4 is 15.0 Å². The maximum atomic E-state index is 12.5. The van der Waals surface area contributed by atoms with Crippen molar-refractivity contribution in [2.75, 3.05) is 35.4 Å². The van der Waals surface area contributed by atoms with Gasteiger partial charge in [0.1, 0.15) is 5.75 Å². The van der Waals surface area contributed by atoms with Crippen LogP contribution in [-0.2, 0) is 9.84 Å². The van der Waals surface area contributed by atoms with E-state index in [0.717, 1.165) is 12.2 Å². The number of carbonyl (C=O) groups is 1. The number of nitrogens with one attached hydrogen (secondary N) is 1. The lowest BCUT2D eigenvalue weighted by Gasteiger charge is -2.29. The van der Waals surface area contributed by atoms with Crippen LogP contribution in [0.3, 0.4) is 0 Å². The lowest BCUT2D eigenvalue weighted by atomic mass is 10.1. The molecule has 0 aliphatic carbocycles. The summed E-state index contributed by atoms with van der Waals surface area (Å²) in [6.07, 6.45) is 0.655. The number of hydrogen-bond donors (Lipinski definition) is 1. The zero-order valence-corrected chi connectivity index (χ0v) is 16.3. The van der Waals surface area contributed by atoms with Gasteiger partial charge in [-0.25, -0.2) is 8.42 Å². The first-order valence-corrected chi connectivity index (χ1v) is 10.8. The molecule has 7 heteroatoms. The van der Waals surface area contributed by atoms with E-state index < -0.39 is 9.84 Å². The van der Waals surface area contributed by atoms with Gasteiger partial charge in [0.2, 0.25) is 0 Å². The van der Waals surface area contributed by atoms with Crippen LogP contribution in [0, 0.1) is 0 Å². The highest BCUT2D eigenvalue weighted by atomic mass is 32.2. The monoisotopic (exact) mass is 388 g/mol. The van der Waals surface area contributed by atoms with Gasteiger partial charge in [-0.1, -0.05) is 12.1 Å². The Kier molecular flexibility index (Phi) is 5.70. The van der Waals surface area contributed by atoms with Crippen molar-refractivity contribution in [1.29, 1.82) is 0 Å². The van der Waals surface area contributed by atoms with Gasteiger partial charge in [0.25, 0.3) is 5.91 Å². The van der Waals surface area contributed by atoms with Crippen LogP contribution in [0.4, 0.5) is 11.4 Å². The zero-order chi connectivity index (χ0) is 19.4. The average molecular weight is 388 g/mol. The summed E-state index contributed by atoms with van der Waals surface area (Å²) in [5.41, 5.74) is 2.09. The molecule has 6 nitrogen and oxygen atoms in total. The number of anilines is 2. The number of sulfone groups is 1. The number of ether oxygens (including phenoxy) is 1. The molecule has 1 N–H and O–H groups in total. The molecule has 1 unspecified atom stereocenters. The van der Waals surface area contributed by atoms with Gasteiger partial charge in [0.15, 0.2) is 9.84 Å². The number of amides is 1. The molecular weight excluding hydrogens is 364 g/mol. The molecule has 2 aromatic carbocycles. The highest BCUT2D eigenvalue weighted by Gasteiger charge is 2.31. The average Bonchev–Trinajstić information content (AvgIpc) is 3.03. The fourth-order valence-electron chi connectivity index (χ4n) is 3.44. The summed E-state index contributed by atoms with van der Waals surface area (Å²) in [5, 5.41) is 2.87. The minimum absolute atomic E-state index is 0.00835. The molecule has 0 bridgehead atoms. The lowest BCUT2D eigenvalue weighted by molar-refractivity contribution is 0.102. The Morgan fingerprint density at radius 1 is 1.19 bits per heavy atom. The Bertz CT molecular complexity index is 910. The van der Waals surface area contributed by atoms with Gasteiger partial charge >= 0.3 is 0 Å². The van der Waals surface area contributed by atoms with Crippen LogP contribution in [0.15, 0.2) is 48.5 Å². The third-order valence-electron chi connectivity index (χ3n) is 4.80. The number of para-hydroxylation sites is 1. The van der Waals surface area contributed by atoms with Crippen LogP contribution in [0.2, 0.25) is 0 Å². The first-order valence-electron chi connectivity index (χ1n) is 8.95. The van der Waals surface area contributed by atoms with Gasteiger partial charge in [-0.15, -0.1) is 0 Å². The summed E-state index contributed by atoms with van der Waals surface area (Å²) in [5.74, 6) is 0.731. The topological polar surface area (TPSA) is 75.7 Å². The molecule has 0 saturated carbocycles. The number of nitrogens with zero attached hydrogens (tertiary/aromatic N) is 1. The summed E-state index contributed by atoms with van der Waals surface area (Å²) < 4.78 is 28.8. The second kappa shape index (κ2) is 8.00. The Labute approximate surface area is 160 Å². The van der Waals surface area contributed by atoms with E-state index in [-0.39, 0.29) is 23.5 Å². The molecule has 0 aromatic heterocycles. The smallest absolute Gasteiger partial charge is 0.259 e. The molecular formula is C20H24N2O4S. The first-order chi connectivity index (χ1) is 12.9. The van der Waals surface area contributed by atoms with Crippen molar-refractivity contribution in [3.05, 3.63) is 54.1 Å². The predicted molar refractivity (Wildman–Crippen MR) is 107 cm³/mol. The molecule has 1 fully saturated rings. The molecule has 1 atom stereocenters. The summed E-state index contributed by atoms with van der Waals surface area (Å²) in [7, 11) is -1.40. The summed E-state index contributed by atoms with van der Waals surface area (Å²) in [6, 6.07) is 14.5. The van der Waals surface area contributed by atoms with E-state index in [1.165, 1.54) is 7.11 Å². The van der Waals surface area contributed by atoms with Crippen LogP contribution in [0.1, 0.15) is 23.7 Å². The molecule has 1 saturated heterocycles. The van der Waals surface area contributed by atoms with Gasteiger partial charge in [-0.05, 0) is 49.7 Å². The summed E-state index contributed by atoms with van der Waals surface area (Å²) >= 11 is 0. The third kappa shape index (κ3) is 4.42. The second-order valence-electron chi connectivity index (χ2n) is 6.54. The van der Waals surface area contributed by atoms with Gasteiger partial charge in [-0.3, -0.25) is 4.79 Å². The summed E-state index contributed by atoms with van der Waals surface area (Å²) in [4.78, 5) is 14.6. The molecule has 1 aliphatic rings. The van der Waals surface area contributed by atoms with Crippen molar-refractivity contribution in [3.63, 3.8) is 0 Å². The number of rotatable bonds is 6. The minimum Gasteiger partial charge on any atom is -0.496 e. The Morgan fingerprint density at radius 3 is 2.48 bits per heavy atom. The molecule has 0 spiro atoms. The van der Waals surface area contributed by atoms with Crippen LogP contribution >= 0.6 is 0 Å². The van der Waals surface area contributed by atoms with Crippen molar-refractivity contribution in [1.82, 2.24) is 0 Å². The van der Waals surface area contributed by atoms with E-state index in [4.69, 9.17) is 4.74 Å². The normalized spacial score (nSPS) is 18.1. The van der Waals surface area contributed by atoms with Crippen LogP contribution in [0.5, 0.6) is 5.75 Å². The predicted octanol–water partition coefficient (Wildman–Crippen LogP) is 2.96. The Morgan fingerprint density at radius 2 is 1.89 bits per heavy atom. The summed E-state index contributed by atoms with van der Waals surface area (Å²) in [6.45, 7) is 2.75. The van der Waals surface area contributed by atoms with E-state index in [1.54, 1.807) is 18.2 Å². The quantitative estimate of drug-likeness (QED) is 0.823. The molecule has 3 rings (SSSR count). The maximum absolute atomic E-state index is 12.5. The van der Waals surface area contributed by atoms with Gasteiger partial charge < -0.3 is 15.0 Å². The molecule has 1 aliphatic heterocycles. The second-order valence-corrected chi connectivity index (χ2v) is 8.77. The van der Waals surface area contributed by atoms with Gasteiger partial charge in [-0.2, -0.15) is 0 Å². The Hall–Kier alpha value is -2.54. The van der Waals surface area contributed by atoms with Crippen LogP contribution in [-0.4, -0.2) is 45.5 Å². The largest absolute Gasteiger partial charge is 0.496 e. The third-order valence-corrected chi connectivity index (χ3v) is 6.55. The highest BCUT2D eigenvalue weighted by molar-refractivity contribution is 7.91. The number of hydrogen-bond acceptors (Lipinski definition) is 5. The van der Waals surface area contributed by atoms with Crippen molar-refractivity contribution in [2.24, 2.45) is 0 Å². The van der Waals surface area contributed by atoms with Crippen molar-refractivity contribution < 1.29 is 17.9 Å². The standard InChI is InChI=1S/C20H24N2O4S/c1-3-22(17-12-13-27(24,25)14-17)16-10-8-15(9-11-16)21-20(23)18-6-4-5-7-19(18)26-2/h4-11,17H,3,12-14H2,1-2H3,(H,21,23). The molecule has 0 radical (unpaired) electrons. The molecule has 1 heterocycles. The van der Waals surface area contributed by atoms with E-state index in [1.807, 2.05) is 37.3 Å². The molecule has 27 heavy (non-hydrogen) atoms. The lowest BCUT2D eigenvalue weighted by Crippen LogP contribution is -2.36. The van der Waals surface area contributed by atoms with E-state index >= 15 is 0 Å². The van der Waals surface area contributed by atoms with Crippen molar-refractivity contribution in [2.45, 2.75) is 19.4 Å². The highest BCUT2D eigenvalue weighted by Crippen LogP contribution is 2.26. The number of carbonyl (C=O) groups excluding carboxylic acids is 1. The van der Waals surface area contributed by atoms with Gasteiger partial charge in [0.05, 0.1) is 24.2 Å². The SMILES string of the molecule is CCN(c1ccc(NC(=O)c2ccccc2OC)cc1)C1CCS(=O)(=O)C1. The fourth-order valence-corrected chi connectivity index (χ4v) is 5.17. The number of methoxy groups -OCH3 is 1. The molecule has 1 amide bonds. The van der Waals surface area contributed by atoms with E-state index in [0.29, 0.717) is 23.4 Å². The van der Waals surface area contributed by atoms with Crippen LogP contribution in [0.25, 0.3) is 0 Å². The van der Waals surface area contributed by atoms with Crippen molar-refractivity contribution in [3.8, 4) is 5.75 Å². The molecule has 144 valence electrons. The van der Waals surface area contributed by atoms with E-state index in [2.05, 4.69) is 10.2 Å². The zero-order valence-electron chi connectivity index (χ0n) is 15.5. The number of benzene rings is 2. The maximum Gasteiger partial charge on any atom is 0.259 e. The minimum atomic E-state index is -2.93. The Balaban J connectivity index is 1.72.